The summed E-state index contributed by atoms with van der Waals surface area (Å²) >= 11 is 0. The maximum Gasteiger partial charge on any atom is 0.197 e. The molecule has 0 radical (unpaired) electrons. The molecule has 0 saturated carbocycles. The van der Waals surface area contributed by atoms with Crippen molar-refractivity contribution in [3.63, 3.8) is 0 Å². The predicted octanol–water partition coefficient (Wildman–Crippen LogP) is 3.41. The zero-order valence-corrected chi connectivity index (χ0v) is 12.2. The molecule has 0 bridgehead atoms. The van der Waals surface area contributed by atoms with Gasteiger partial charge in [-0.2, -0.15) is 0 Å². The fraction of sp³-hybridized carbons (Fsp3) is 0.188. The van der Waals surface area contributed by atoms with Crippen LogP contribution in [-0.2, 0) is 0 Å². The van der Waals surface area contributed by atoms with Gasteiger partial charge in [0, 0.05) is 0 Å². The van der Waals surface area contributed by atoms with E-state index in [-0.39, 0.29) is 22.7 Å². The Morgan fingerprint density at radius 3 is 2.19 bits per heavy atom. The van der Waals surface area contributed by atoms with Gasteiger partial charge in [-0.25, -0.2) is 0 Å². The zero-order valence-electron chi connectivity index (χ0n) is 12.2. The van der Waals surface area contributed by atoms with Gasteiger partial charge in [0.25, 0.3) is 0 Å². The lowest BCUT2D eigenvalue weighted by Crippen LogP contribution is -2.13. The van der Waals surface area contributed by atoms with E-state index in [1.807, 2.05) is 20.8 Å². The Kier molecular flexibility index (Phi) is 3.76. The first-order valence-corrected chi connectivity index (χ1v) is 6.52. The van der Waals surface area contributed by atoms with Crippen LogP contribution in [0.25, 0.3) is 0 Å². The Morgan fingerprint density at radius 2 is 1.57 bits per heavy atom. The third-order valence-electron chi connectivity index (χ3n) is 3.94. The second kappa shape index (κ2) is 5.36. The summed E-state index contributed by atoms with van der Waals surface area (Å²) in [4.78, 5) is 23.6. The summed E-state index contributed by atoms with van der Waals surface area (Å²) in [5.41, 5.74) is 15.9. The highest BCUT2D eigenvalue weighted by Gasteiger charge is 2.22. The second-order valence-corrected chi connectivity index (χ2v) is 5.01. The monoisotopic (exact) mass is 283 g/mol. The van der Waals surface area contributed by atoms with Gasteiger partial charge in [0.05, 0.1) is 22.5 Å². The van der Waals surface area contributed by atoms with Gasteiger partial charge >= 0.3 is 0 Å². The van der Waals surface area contributed by atoms with Crippen LogP contribution in [0.15, 0.2) is 29.4 Å². The predicted molar refractivity (Wildman–Crippen MR) is 84.8 cm³/mol. The number of ketones is 1. The Hall–Kier alpha value is -2.69. The normalized spacial score (nSPS) is 10.4. The highest BCUT2D eigenvalue weighted by atomic mass is 16.3. The van der Waals surface area contributed by atoms with Crippen LogP contribution in [0.3, 0.4) is 0 Å². The van der Waals surface area contributed by atoms with E-state index in [1.165, 1.54) is 6.07 Å². The lowest BCUT2D eigenvalue weighted by atomic mass is 9.90. The Balaban J connectivity index is 2.73. The first-order chi connectivity index (χ1) is 9.90. The highest BCUT2D eigenvalue weighted by Crippen LogP contribution is 2.34. The van der Waals surface area contributed by atoms with E-state index >= 15 is 0 Å². The molecule has 2 rings (SSSR count). The fourth-order valence-corrected chi connectivity index (χ4v) is 2.38. The number of nitrogen functional groups attached to an aromatic ring is 2. The van der Waals surface area contributed by atoms with Crippen molar-refractivity contribution in [2.24, 2.45) is 5.18 Å². The van der Waals surface area contributed by atoms with Gasteiger partial charge in [-0.1, -0.05) is 12.1 Å². The Labute approximate surface area is 122 Å². The van der Waals surface area contributed by atoms with E-state index in [9.17, 15) is 9.70 Å². The minimum absolute atomic E-state index is 0.0955. The van der Waals surface area contributed by atoms with Crippen molar-refractivity contribution < 1.29 is 4.79 Å². The number of benzene rings is 2. The van der Waals surface area contributed by atoms with Gasteiger partial charge in [-0.3, -0.25) is 4.79 Å². The summed E-state index contributed by atoms with van der Waals surface area (Å²) in [5.74, 6) is -0.338. The van der Waals surface area contributed by atoms with Crippen molar-refractivity contribution in [1.82, 2.24) is 0 Å². The van der Waals surface area contributed by atoms with Gasteiger partial charge in [0.1, 0.15) is 5.69 Å². The number of hydrogen-bond acceptors (Lipinski definition) is 5. The molecule has 0 aliphatic carbocycles. The van der Waals surface area contributed by atoms with Crippen molar-refractivity contribution in [2.45, 2.75) is 20.8 Å². The van der Waals surface area contributed by atoms with E-state index in [0.717, 1.165) is 16.7 Å². The molecule has 0 aromatic heterocycles. The van der Waals surface area contributed by atoms with Crippen LogP contribution in [0.2, 0.25) is 0 Å². The number of nitrogens with two attached hydrogens (primary N) is 2. The molecule has 0 unspecified atom stereocenters. The summed E-state index contributed by atoms with van der Waals surface area (Å²) in [6.45, 7) is 5.58. The van der Waals surface area contributed by atoms with E-state index in [0.29, 0.717) is 11.3 Å². The summed E-state index contributed by atoms with van der Waals surface area (Å²) < 4.78 is 0. The number of carbonyl (C=O) groups excluding carboxylic acids is 1. The van der Waals surface area contributed by atoms with Crippen LogP contribution in [0.5, 0.6) is 0 Å². The first kappa shape index (κ1) is 14.7. The van der Waals surface area contributed by atoms with Gasteiger partial charge in [0.2, 0.25) is 0 Å². The summed E-state index contributed by atoms with van der Waals surface area (Å²) in [5, 5.41) is 2.90. The molecule has 0 aliphatic heterocycles. The zero-order chi connectivity index (χ0) is 15.7. The van der Waals surface area contributed by atoms with Crippen molar-refractivity contribution in [3.05, 3.63) is 57.0 Å². The lowest BCUT2D eigenvalue weighted by molar-refractivity contribution is 0.103. The molecule has 0 saturated heterocycles. The fourth-order valence-electron chi connectivity index (χ4n) is 2.38. The third kappa shape index (κ3) is 2.27. The molecular weight excluding hydrogens is 266 g/mol. The van der Waals surface area contributed by atoms with Crippen molar-refractivity contribution in [3.8, 4) is 0 Å². The number of anilines is 2. The maximum absolute atomic E-state index is 12.7. The van der Waals surface area contributed by atoms with Gasteiger partial charge < -0.3 is 11.5 Å². The molecule has 5 heteroatoms. The van der Waals surface area contributed by atoms with Gasteiger partial charge in [-0.05, 0) is 54.8 Å². The second-order valence-electron chi connectivity index (χ2n) is 5.01. The molecular formula is C16H17N3O2. The molecule has 0 fully saturated rings. The number of nitroso groups, excluding NO2 is 1. The quantitative estimate of drug-likeness (QED) is 0.512. The topological polar surface area (TPSA) is 98.5 Å². The van der Waals surface area contributed by atoms with Crippen LogP contribution in [-0.4, -0.2) is 5.78 Å². The van der Waals surface area contributed by atoms with Crippen molar-refractivity contribution >= 4 is 22.8 Å². The SMILES string of the molecule is Cc1c(C)c(N)c(N)c(C(=O)c2ccccc2N=O)c1C. The molecule has 0 heterocycles. The van der Waals surface area contributed by atoms with Crippen LogP contribution in [0.1, 0.15) is 32.6 Å². The number of nitrogens with zero attached hydrogens (tertiary/aromatic N) is 1. The summed E-state index contributed by atoms with van der Waals surface area (Å²) in [7, 11) is 0. The molecule has 21 heavy (non-hydrogen) atoms. The summed E-state index contributed by atoms with van der Waals surface area (Å²) in [6, 6.07) is 6.38. The minimum atomic E-state index is -0.338. The number of rotatable bonds is 3. The Bertz CT molecular complexity index is 722. The van der Waals surface area contributed by atoms with Crippen LogP contribution in [0, 0.1) is 25.7 Å². The average Bonchev–Trinajstić information content (AvgIpc) is 2.51. The minimum Gasteiger partial charge on any atom is -0.397 e. The van der Waals surface area contributed by atoms with Crippen LogP contribution in [0.4, 0.5) is 17.1 Å². The average molecular weight is 283 g/mol. The molecule has 0 amide bonds. The van der Waals surface area contributed by atoms with E-state index in [1.54, 1.807) is 18.2 Å². The number of carbonyl (C=O) groups is 1. The highest BCUT2D eigenvalue weighted by molar-refractivity contribution is 6.17. The first-order valence-electron chi connectivity index (χ1n) is 6.52. The molecule has 2 aromatic carbocycles. The molecule has 5 nitrogen and oxygen atoms in total. The third-order valence-corrected chi connectivity index (χ3v) is 3.94. The maximum atomic E-state index is 12.7. The molecule has 0 spiro atoms. The molecule has 0 atom stereocenters. The van der Waals surface area contributed by atoms with E-state index in [4.69, 9.17) is 11.5 Å². The molecule has 0 aliphatic rings. The lowest BCUT2D eigenvalue weighted by Gasteiger charge is -2.17. The number of hydrogen-bond donors (Lipinski definition) is 2. The van der Waals surface area contributed by atoms with E-state index < -0.39 is 0 Å². The van der Waals surface area contributed by atoms with Crippen LogP contribution >= 0.6 is 0 Å². The van der Waals surface area contributed by atoms with Gasteiger partial charge in [0.15, 0.2) is 5.78 Å². The molecule has 108 valence electrons. The smallest absolute Gasteiger partial charge is 0.197 e. The van der Waals surface area contributed by atoms with Crippen LogP contribution < -0.4 is 11.5 Å². The van der Waals surface area contributed by atoms with Crippen molar-refractivity contribution in [1.29, 1.82) is 0 Å². The Morgan fingerprint density at radius 1 is 0.952 bits per heavy atom. The van der Waals surface area contributed by atoms with Gasteiger partial charge in [-0.15, -0.1) is 4.91 Å². The molecule has 4 N–H and O–H groups in total. The standard InChI is InChI=1S/C16H17N3O2/c1-8-9(2)13(15(18)14(17)10(8)3)16(20)11-6-4-5-7-12(11)19-21/h4-7H,17-18H2,1-3H3. The largest absolute Gasteiger partial charge is 0.397 e. The summed E-state index contributed by atoms with van der Waals surface area (Å²) in [6.07, 6.45) is 0. The van der Waals surface area contributed by atoms with E-state index in [2.05, 4.69) is 5.18 Å². The molecule has 2 aromatic rings. The van der Waals surface area contributed by atoms with Crippen molar-refractivity contribution in [2.75, 3.05) is 11.5 Å².